The number of carbonyl (C=O) groups is 2. The number of hydrogen-bond acceptors (Lipinski definition) is 5. The van der Waals surface area contributed by atoms with Crippen molar-refractivity contribution in [2.45, 2.75) is 38.1 Å². The molecular weight excluding hydrogens is 339 g/mol. The van der Waals surface area contributed by atoms with Crippen molar-refractivity contribution < 1.29 is 23.5 Å². The molecule has 0 aliphatic carbocycles. The van der Waals surface area contributed by atoms with E-state index in [0.29, 0.717) is 19.1 Å². The molecular formula is C19H25FN2O4. The maximum atomic E-state index is 13.4. The summed E-state index contributed by atoms with van der Waals surface area (Å²) in [5.74, 6) is -1.60. The SMILES string of the molecule is O=C(COC(=O)N1CCC(N2CCCCC2)CC1)Oc1ccccc1F. The van der Waals surface area contributed by atoms with Gasteiger partial charge in [0, 0.05) is 19.1 Å². The Hall–Kier alpha value is -2.15. The van der Waals surface area contributed by atoms with E-state index in [9.17, 15) is 14.0 Å². The van der Waals surface area contributed by atoms with Crippen molar-refractivity contribution in [2.24, 2.45) is 0 Å². The second kappa shape index (κ2) is 8.98. The van der Waals surface area contributed by atoms with E-state index >= 15 is 0 Å². The van der Waals surface area contributed by atoms with Gasteiger partial charge in [-0.15, -0.1) is 0 Å². The van der Waals surface area contributed by atoms with E-state index in [2.05, 4.69) is 4.90 Å². The first-order valence-corrected chi connectivity index (χ1v) is 9.24. The van der Waals surface area contributed by atoms with E-state index in [1.165, 1.54) is 37.5 Å². The first-order valence-electron chi connectivity index (χ1n) is 9.24. The molecule has 1 aromatic rings. The number of esters is 1. The Balaban J connectivity index is 1.39. The number of amides is 1. The molecule has 0 aromatic heterocycles. The fraction of sp³-hybridized carbons (Fsp3) is 0.579. The Morgan fingerprint density at radius 2 is 1.73 bits per heavy atom. The first kappa shape index (κ1) is 18.6. The highest BCUT2D eigenvalue weighted by Crippen LogP contribution is 2.21. The molecule has 3 rings (SSSR count). The third-order valence-corrected chi connectivity index (χ3v) is 5.00. The quantitative estimate of drug-likeness (QED) is 0.607. The molecule has 2 heterocycles. The first-order chi connectivity index (χ1) is 12.6. The van der Waals surface area contributed by atoms with Gasteiger partial charge in [0.2, 0.25) is 0 Å². The molecule has 2 aliphatic heterocycles. The number of likely N-dealkylation sites (tertiary alicyclic amines) is 2. The van der Waals surface area contributed by atoms with E-state index in [1.54, 1.807) is 11.0 Å². The zero-order valence-corrected chi connectivity index (χ0v) is 14.9. The molecule has 0 saturated carbocycles. The van der Waals surface area contributed by atoms with E-state index in [0.717, 1.165) is 25.9 Å². The van der Waals surface area contributed by atoms with E-state index in [4.69, 9.17) is 9.47 Å². The summed E-state index contributed by atoms with van der Waals surface area (Å²) >= 11 is 0. The topological polar surface area (TPSA) is 59.1 Å². The minimum absolute atomic E-state index is 0.170. The zero-order valence-electron chi connectivity index (χ0n) is 14.9. The lowest BCUT2D eigenvalue weighted by atomic mass is 10.0. The van der Waals surface area contributed by atoms with Crippen molar-refractivity contribution >= 4 is 12.1 Å². The number of halogens is 1. The molecule has 26 heavy (non-hydrogen) atoms. The molecule has 0 atom stereocenters. The largest absolute Gasteiger partial charge is 0.437 e. The average molecular weight is 364 g/mol. The predicted molar refractivity (Wildman–Crippen MR) is 93.4 cm³/mol. The average Bonchev–Trinajstić information content (AvgIpc) is 2.69. The van der Waals surface area contributed by atoms with Gasteiger partial charge in [-0.05, 0) is 50.9 Å². The van der Waals surface area contributed by atoms with Gasteiger partial charge in [-0.1, -0.05) is 18.6 Å². The molecule has 0 unspecified atom stereocenters. The van der Waals surface area contributed by atoms with Gasteiger partial charge in [-0.25, -0.2) is 14.0 Å². The molecule has 0 bridgehead atoms. The van der Waals surface area contributed by atoms with Crippen LogP contribution in [0.25, 0.3) is 0 Å². The highest BCUT2D eigenvalue weighted by molar-refractivity contribution is 5.77. The fourth-order valence-corrected chi connectivity index (χ4v) is 3.59. The highest BCUT2D eigenvalue weighted by Gasteiger charge is 2.28. The molecule has 0 radical (unpaired) electrons. The minimum atomic E-state index is -0.799. The summed E-state index contributed by atoms with van der Waals surface area (Å²) in [4.78, 5) is 28.0. The fourth-order valence-electron chi connectivity index (χ4n) is 3.59. The van der Waals surface area contributed by atoms with Crippen molar-refractivity contribution in [2.75, 3.05) is 32.8 Å². The zero-order chi connectivity index (χ0) is 18.4. The molecule has 2 aliphatic rings. The smallest absolute Gasteiger partial charge is 0.410 e. The van der Waals surface area contributed by atoms with Gasteiger partial charge in [0.1, 0.15) is 0 Å². The summed E-state index contributed by atoms with van der Waals surface area (Å²) in [5, 5.41) is 0. The van der Waals surface area contributed by atoms with Gasteiger partial charge in [0.25, 0.3) is 0 Å². The summed E-state index contributed by atoms with van der Waals surface area (Å²) in [7, 11) is 0. The van der Waals surface area contributed by atoms with Crippen LogP contribution in [0.2, 0.25) is 0 Å². The summed E-state index contributed by atoms with van der Waals surface area (Å²) in [6.07, 6.45) is 5.15. The van der Waals surface area contributed by atoms with E-state index < -0.39 is 24.5 Å². The van der Waals surface area contributed by atoms with E-state index in [1.807, 2.05) is 0 Å². The van der Waals surface area contributed by atoms with Gasteiger partial charge < -0.3 is 19.3 Å². The lowest BCUT2D eigenvalue weighted by Crippen LogP contribution is -2.48. The maximum absolute atomic E-state index is 13.4. The number of benzene rings is 1. The van der Waals surface area contributed by atoms with Crippen LogP contribution < -0.4 is 4.74 Å². The standard InChI is InChI=1S/C19H25FN2O4/c20-16-6-2-3-7-17(16)26-18(23)14-25-19(24)22-12-8-15(9-13-22)21-10-4-1-5-11-21/h2-3,6-7,15H,1,4-5,8-14H2. The number of para-hydroxylation sites is 1. The number of nitrogens with zero attached hydrogens (tertiary/aromatic N) is 2. The van der Waals surface area contributed by atoms with Crippen LogP contribution in [-0.4, -0.2) is 60.7 Å². The van der Waals surface area contributed by atoms with E-state index in [-0.39, 0.29) is 5.75 Å². The Kier molecular flexibility index (Phi) is 6.44. The Bertz CT molecular complexity index is 626. The molecule has 2 saturated heterocycles. The van der Waals surface area contributed by atoms with Crippen LogP contribution in [0, 0.1) is 5.82 Å². The molecule has 1 aromatic carbocycles. The van der Waals surface area contributed by atoms with Gasteiger partial charge in [0.05, 0.1) is 0 Å². The molecule has 0 N–H and O–H groups in total. The Morgan fingerprint density at radius 3 is 2.42 bits per heavy atom. The minimum Gasteiger partial charge on any atom is -0.437 e. The summed E-state index contributed by atoms with van der Waals surface area (Å²) < 4.78 is 23.3. The lowest BCUT2D eigenvalue weighted by molar-refractivity contribution is -0.138. The number of ether oxygens (including phenoxy) is 2. The second-order valence-electron chi connectivity index (χ2n) is 6.77. The monoisotopic (exact) mass is 364 g/mol. The van der Waals surface area contributed by atoms with Gasteiger partial charge in [-0.3, -0.25) is 0 Å². The third-order valence-electron chi connectivity index (χ3n) is 5.00. The van der Waals surface area contributed by atoms with Gasteiger partial charge in [-0.2, -0.15) is 0 Å². The molecule has 0 spiro atoms. The van der Waals surface area contributed by atoms with Gasteiger partial charge >= 0.3 is 12.1 Å². The number of carbonyl (C=O) groups excluding carboxylic acids is 2. The third kappa shape index (κ3) is 4.94. The lowest BCUT2D eigenvalue weighted by Gasteiger charge is -2.39. The highest BCUT2D eigenvalue weighted by atomic mass is 19.1. The summed E-state index contributed by atoms with van der Waals surface area (Å²) in [5.41, 5.74) is 0. The van der Waals surface area contributed by atoms with Crippen LogP contribution in [0.5, 0.6) is 5.75 Å². The van der Waals surface area contributed by atoms with Crippen LogP contribution in [0.4, 0.5) is 9.18 Å². The number of hydrogen-bond donors (Lipinski definition) is 0. The van der Waals surface area contributed by atoms with Crippen molar-refractivity contribution in [3.8, 4) is 5.75 Å². The maximum Gasteiger partial charge on any atom is 0.410 e. The van der Waals surface area contributed by atoms with Crippen LogP contribution in [0.3, 0.4) is 0 Å². The van der Waals surface area contributed by atoms with Crippen molar-refractivity contribution in [1.29, 1.82) is 0 Å². The van der Waals surface area contributed by atoms with Crippen LogP contribution in [0.1, 0.15) is 32.1 Å². The molecule has 2 fully saturated rings. The molecule has 142 valence electrons. The summed E-state index contributed by atoms with van der Waals surface area (Å²) in [6, 6.07) is 6.14. The normalized spacial score (nSPS) is 19.2. The van der Waals surface area contributed by atoms with Gasteiger partial charge in [0.15, 0.2) is 18.2 Å². The molecule has 6 nitrogen and oxygen atoms in total. The van der Waals surface area contributed by atoms with Crippen molar-refractivity contribution in [3.63, 3.8) is 0 Å². The Morgan fingerprint density at radius 1 is 1.04 bits per heavy atom. The number of piperidine rings is 2. The van der Waals surface area contributed by atoms with Crippen LogP contribution in [0.15, 0.2) is 24.3 Å². The molecule has 7 heteroatoms. The second-order valence-corrected chi connectivity index (χ2v) is 6.77. The van der Waals surface area contributed by atoms with Crippen molar-refractivity contribution in [3.05, 3.63) is 30.1 Å². The Labute approximate surface area is 152 Å². The van der Waals surface area contributed by atoms with Crippen LogP contribution >= 0.6 is 0 Å². The van der Waals surface area contributed by atoms with Crippen LogP contribution in [-0.2, 0) is 9.53 Å². The number of rotatable bonds is 4. The predicted octanol–water partition coefficient (Wildman–Crippen LogP) is 2.82. The van der Waals surface area contributed by atoms with Crippen molar-refractivity contribution in [1.82, 2.24) is 9.80 Å². The molecule has 1 amide bonds. The summed E-state index contributed by atoms with van der Waals surface area (Å²) in [6.45, 7) is 3.03.